The highest BCUT2D eigenvalue weighted by atomic mass is 32.2. The Morgan fingerprint density at radius 1 is 1.12 bits per heavy atom. The monoisotopic (exact) mass is 448 g/mol. The van der Waals surface area contributed by atoms with Crippen molar-refractivity contribution in [1.29, 1.82) is 0 Å². The van der Waals surface area contributed by atoms with Crippen molar-refractivity contribution in [2.45, 2.75) is 32.9 Å². The number of nitrogens with zero attached hydrogens (tertiary/aromatic N) is 4. The van der Waals surface area contributed by atoms with Gasteiger partial charge in [-0.15, -0.1) is 0 Å². The van der Waals surface area contributed by atoms with Crippen LogP contribution in [-0.2, 0) is 17.0 Å². The molecule has 0 aliphatic carbocycles. The zero-order valence-electron chi connectivity index (χ0n) is 18.5. The number of hydrogen-bond acceptors (Lipinski definition) is 7. The summed E-state index contributed by atoms with van der Waals surface area (Å²) in [5, 5.41) is 4.52. The van der Waals surface area contributed by atoms with Gasteiger partial charge in [0.2, 0.25) is 5.89 Å². The molecule has 1 amide bonds. The van der Waals surface area contributed by atoms with Gasteiger partial charge >= 0.3 is 0 Å². The molecule has 164 valence electrons. The number of carbonyl (C=O) groups is 1. The minimum atomic E-state index is -0.173. The molecule has 7 nitrogen and oxygen atoms in total. The minimum absolute atomic E-state index is 0.173. The Bertz CT molecular complexity index is 1180. The third-order valence-corrected chi connectivity index (χ3v) is 5.79. The first-order chi connectivity index (χ1) is 15.5. The summed E-state index contributed by atoms with van der Waals surface area (Å²) in [7, 11) is 1.62. The van der Waals surface area contributed by atoms with Crippen molar-refractivity contribution in [3.63, 3.8) is 0 Å². The van der Waals surface area contributed by atoms with E-state index < -0.39 is 0 Å². The van der Waals surface area contributed by atoms with Crippen LogP contribution >= 0.6 is 11.8 Å². The molecule has 0 atom stereocenters. The second-order valence-electron chi connectivity index (χ2n) is 7.43. The van der Waals surface area contributed by atoms with Gasteiger partial charge in [0.15, 0.2) is 11.0 Å². The summed E-state index contributed by atoms with van der Waals surface area (Å²) in [5.74, 6) is 2.18. The van der Waals surface area contributed by atoms with E-state index in [1.165, 1.54) is 11.8 Å². The van der Waals surface area contributed by atoms with Crippen LogP contribution in [0.15, 0.2) is 57.7 Å². The smallest absolute Gasteiger partial charge is 0.283 e. The fourth-order valence-corrected chi connectivity index (χ4v) is 4.23. The molecule has 0 saturated carbocycles. The van der Waals surface area contributed by atoms with E-state index in [1.807, 2.05) is 57.2 Å². The molecule has 8 heteroatoms. The van der Waals surface area contributed by atoms with E-state index >= 15 is 0 Å². The summed E-state index contributed by atoms with van der Waals surface area (Å²) in [6.45, 7) is 6.00. The van der Waals surface area contributed by atoms with E-state index in [-0.39, 0.29) is 5.91 Å². The van der Waals surface area contributed by atoms with Gasteiger partial charge in [0.1, 0.15) is 11.4 Å². The van der Waals surface area contributed by atoms with E-state index in [0.717, 1.165) is 28.1 Å². The molecule has 2 aromatic carbocycles. The van der Waals surface area contributed by atoms with Crippen LogP contribution in [0.25, 0.3) is 6.08 Å². The first kappa shape index (κ1) is 21.8. The number of benzene rings is 2. The molecule has 0 fully saturated rings. The van der Waals surface area contributed by atoms with Gasteiger partial charge in [-0.25, -0.2) is 4.99 Å². The SMILES string of the molecule is CCc1noc(CSC2=N/C(=C\c3ccc(OC)cc3)C(=O)N2c2cc(C)cc(C)c2)n1. The first-order valence-corrected chi connectivity index (χ1v) is 11.3. The van der Waals surface area contributed by atoms with E-state index in [1.54, 1.807) is 18.1 Å². The Hall–Kier alpha value is -3.39. The van der Waals surface area contributed by atoms with Crippen molar-refractivity contribution in [2.75, 3.05) is 12.0 Å². The third kappa shape index (κ3) is 4.75. The molecule has 1 aromatic heterocycles. The summed E-state index contributed by atoms with van der Waals surface area (Å²) >= 11 is 1.40. The van der Waals surface area contributed by atoms with Gasteiger partial charge < -0.3 is 9.26 Å². The maximum absolute atomic E-state index is 13.4. The summed E-state index contributed by atoms with van der Waals surface area (Å²) in [5.41, 5.74) is 4.19. The summed E-state index contributed by atoms with van der Waals surface area (Å²) in [4.78, 5) is 24.0. The van der Waals surface area contributed by atoms with Gasteiger partial charge in [-0.1, -0.05) is 42.0 Å². The first-order valence-electron chi connectivity index (χ1n) is 10.3. The normalized spacial score (nSPS) is 14.9. The number of anilines is 1. The Morgan fingerprint density at radius 2 is 1.84 bits per heavy atom. The third-order valence-electron chi connectivity index (χ3n) is 4.86. The number of amidine groups is 1. The molecule has 0 spiro atoms. The molecule has 0 bridgehead atoms. The lowest BCUT2D eigenvalue weighted by molar-refractivity contribution is -0.113. The van der Waals surface area contributed by atoms with Crippen LogP contribution in [0.5, 0.6) is 5.75 Å². The van der Waals surface area contributed by atoms with Gasteiger partial charge in [0, 0.05) is 6.42 Å². The number of methoxy groups -OCH3 is 1. The Morgan fingerprint density at radius 3 is 2.47 bits per heavy atom. The van der Waals surface area contributed by atoms with Crippen molar-refractivity contribution in [3.05, 3.63) is 76.6 Å². The van der Waals surface area contributed by atoms with Gasteiger partial charge in [0.05, 0.1) is 18.6 Å². The molecular weight excluding hydrogens is 424 g/mol. The van der Waals surface area contributed by atoms with Crippen molar-refractivity contribution in [2.24, 2.45) is 4.99 Å². The second kappa shape index (κ2) is 9.40. The van der Waals surface area contributed by atoms with Gasteiger partial charge in [0.25, 0.3) is 5.91 Å². The number of rotatable bonds is 6. The predicted molar refractivity (Wildman–Crippen MR) is 127 cm³/mol. The fourth-order valence-electron chi connectivity index (χ4n) is 3.38. The van der Waals surface area contributed by atoms with E-state index in [9.17, 15) is 4.79 Å². The van der Waals surface area contributed by atoms with Crippen molar-refractivity contribution >= 4 is 34.6 Å². The van der Waals surface area contributed by atoms with Crippen molar-refractivity contribution < 1.29 is 14.1 Å². The maximum Gasteiger partial charge on any atom is 0.283 e. The number of ether oxygens (including phenoxy) is 1. The zero-order chi connectivity index (χ0) is 22.7. The van der Waals surface area contributed by atoms with Crippen molar-refractivity contribution in [1.82, 2.24) is 10.1 Å². The van der Waals surface area contributed by atoms with Crippen LogP contribution in [0.1, 0.15) is 35.3 Å². The molecule has 1 aliphatic rings. The summed E-state index contributed by atoms with van der Waals surface area (Å²) < 4.78 is 10.5. The van der Waals surface area contributed by atoms with Crippen LogP contribution in [0.4, 0.5) is 5.69 Å². The van der Waals surface area contributed by atoms with E-state index in [4.69, 9.17) is 9.26 Å². The average Bonchev–Trinajstić information content (AvgIpc) is 3.36. The highest BCUT2D eigenvalue weighted by molar-refractivity contribution is 8.13. The van der Waals surface area contributed by atoms with Crippen LogP contribution < -0.4 is 9.64 Å². The van der Waals surface area contributed by atoms with Gasteiger partial charge in [-0.2, -0.15) is 4.98 Å². The number of carbonyl (C=O) groups excluding carboxylic acids is 1. The quantitative estimate of drug-likeness (QED) is 0.497. The molecule has 2 heterocycles. The Labute approximate surface area is 191 Å². The molecular formula is C24H24N4O3S. The fraction of sp³-hybridized carbons (Fsp3) is 0.250. The molecule has 0 saturated heterocycles. The number of aromatic nitrogens is 2. The molecule has 0 N–H and O–H groups in total. The number of hydrogen-bond donors (Lipinski definition) is 0. The van der Waals surface area contributed by atoms with Crippen LogP contribution in [0.2, 0.25) is 0 Å². The Kier molecular flexibility index (Phi) is 6.41. The van der Waals surface area contributed by atoms with Crippen molar-refractivity contribution in [3.8, 4) is 5.75 Å². The standard InChI is InChI=1S/C24H24N4O3S/c1-5-21-26-22(31-27-21)14-32-24-25-20(13-17-6-8-19(30-4)9-7-17)23(29)28(24)18-11-15(2)10-16(3)12-18/h6-13H,5,14H2,1-4H3/b20-13-. The molecule has 1 aliphatic heterocycles. The average molecular weight is 449 g/mol. The highest BCUT2D eigenvalue weighted by Gasteiger charge is 2.32. The predicted octanol–water partition coefficient (Wildman–Crippen LogP) is 4.93. The highest BCUT2D eigenvalue weighted by Crippen LogP contribution is 2.32. The number of amides is 1. The zero-order valence-corrected chi connectivity index (χ0v) is 19.3. The van der Waals surface area contributed by atoms with E-state index in [2.05, 4.69) is 21.2 Å². The lowest BCUT2D eigenvalue weighted by atomic mass is 10.1. The number of aliphatic imine (C=N–C) groups is 1. The minimum Gasteiger partial charge on any atom is -0.497 e. The van der Waals surface area contributed by atoms with Crippen LogP contribution in [0.3, 0.4) is 0 Å². The second-order valence-corrected chi connectivity index (χ2v) is 8.37. The van der Waals surface area contributed by atoms with E-state index in [0.29, 0.717) is 34.8 Å². The van der Waals surface area contributed by atoms with Gasteiger partial charge in [-0.05, 0) is 60.9 Å². The summed E-state index contributed by atoms with van der Waals surface area (Å²) in [6.07, 6.45) is 2.49. The lowest BCUT2D eigenvalue weighted by Crippen LogP contribution is -2.30. The molecule has 0 unspecified atom stereocenters. The summed E-state index contributed by atoms with van der Waals surface area (Å²) in [6, 6.07) is 13.5. The molecule has 32 heavy (non-hydrogen) atoms. The largest absolute Gasteiger partial charge is 0.497 e. The number of thioether (sulfide) groups is 1. The molecule has 4 rings (SSSR count). The Balaban J connectivity index is 1.66. The molecule has 0 radical (unpaired) electrons. The van der Waals surface area contributed by atoms with Gasteiger partial charge in [-0.3, -0.25) is 9.69 Å². The van der Waals surface area contributed by atoms with Crippen LogP contribution in [0, 0.1) is 13.8 Å². The lowest BCUT2D eigenvalue weighted by Gasteiger charge is -2.18. The molecule has 3 aromatic rings. The topological polar surface area (TPSA) is 80.8 Å². The maximum atomic E-state index is 13.4. The van der Waals surface area contributed by atoms with Crippen LogP contribution in [-0.4, -0.2) is 28.3 Å². The number of aryl methyl sites for hydroxylation is 3.